The fourth-order valence-corrected chi connectivity index (χ4v) is 4.29. The maximum atomic E-state index is 11.6. The molecule has 4 aliphatic heterocycles. The molecule has 0 amide bonds. The standard InChI is InChI=1S/4C8H4O3.C5H6F6.C2H6/c4*9-7-5-3-1-2-4-6(5)8(10)11-7;1-3(2,4(6,7)8)5(9,10)11;1-2/h4*1-4H;1-2H3;1-2H3. The quantitative estimate of drug-likeness (QED) is 0.0724. The van der Waals surface area contributed by atoms with Gasteiger partial charge in [-0.3, -0.25) is 0 Å². The van der Waals surface area contributed by atoms with E-state index < -0.39 is 65.5 Å². The van der Waals surface area contributed by atoms with Crippen LogP contribution in [0.5, 0.6) is 0 Å². The molecule has 0 saturated carbocycles. The summed E-state index contributed by atoms with van der Waals surface area (Å²) in [6.45, 7) is 4.21. The summed E-state index contributed by atoms with van der Waals surface area (Å²) in [4.78, 5) is 86.7. The molecule has 0 radical (unpaired) electrons. The van der Waals surface area contributed by atoms with E-state index in [1.165, 1.54) is 0 Å². The number of carbonyl (C=O) groups is 8. The van der Waals surface area contributed by atoms with Crippen LogP contribution in [0.1, 0.15) is 111 Å². The number of benzene rings is 4. The highest BCUT2D eigenvalue weighted by molar-refractivity contribution is 6.16. The second kappa shape index (κ2) is 18.1. The Hall–Kier alpha value is -6.98. The Balaban J connectivity index is 0.000000189. The molecular weight excluding hydrogens is 774 g/mol. The Morgan fingerprint density at radius 2 is 0.439 bits per heavy atom. The third kappa shape index (κ3) is 10.2. The number of cyclic esters (lactones) is 8. The van der Waals surface area contributed by atoms with Crippen LogP contribution >= 0.6 is 0 Å². The minimum absolute atomic E-state index is 0.104. The molecule has 0 bridgehead atoms. The van der Waals surface area contributed by atoms with Crippen LogP contribution in [0.2, 0.25) is 0 Å². The van der Waals surface area contributed by atoms with Gasteiger partial charge in [0, 0.05) is 0 Å². The average molecular weight is 803 g/mol. The topological polar surface area (TPSA) is 173 Å². The van der Waals surface area contributed by atoms with E-state index in [2.05, 4.69) is 18.9 Å². The van der Waals surface area contributed by atoms with E-state index in [1.54, 1.807) is 97.1 Å². The second-order valence-electron chi connectivity index (χ2n) is 11.5. The molecule has 0 N–H and O–H groups in total. The molecule has 8 rings (SSSR count). The maximum Gasteiger partial charge on any atom is 0.402 e. The van der Waals surface area contributed by atoms with Crippen LogP contribution in [0.25, 0.3) is 0 Å². The molecule has 57 heavy (non-hydrogen) atoms. The molecule has 0 aliphatic carbocycles. The summed E-state index contributed by atoms with van der Waals surface area (Å²) in [6.07, 6.45) is -10.5. The van der Waals surface area contributed by atoms with Crippen molar-refractivity contribution in [1.82, 2.24) is 0 Å². The SMILES string of the molecule is CC.CC(C)(C(F)(F)F)C(F)(F)F.O=C1OC(=O)c2ccccc21.O=C1OC(=O)c2ccccc21.O=C1OC(=O)c2ccccc21.O=C1OC(=O)c2ccccc21. The predicted molar refractivity (Wildman–Crippen MR) is 182 cm³/mol. The minimum Gasteiger partial charge on any atom is -0.386 e. The van der Waals surface area contributed by atoms with Gasteiger partial charge in [0.2, 0.25) is 0 Å². The lowest BCUT2D eigenvalue weighted by molar-refractivity contribution is -0.327. The number of ether oxygens (including phenoxy) is 4. The van der Waals surface area contributed by atoms with Crippen LogP contribution in [-0.4, -0.2) is 60.1 Å². The van der Waals surface area contributed by atoms with E-state index in [-0.39, 0.29) is 13.8 Å². The number of hydrogen-bond acceptors (Lipinski definition) is 12. The molecule has 0 fully saturated rings. The average Bonchev–Trinajstić information content (AvgIpc) is 3.85. The van der Waals surface area contributed by atoms with Crippen molar-refractivity contribution in [1.29, 1.82) is 0 Å². The zero-order valence-corrected chi connectivity index (χ0v) is 29.9. The van der Waals surface area contributed by atoms with Crippen LogP contribution in [0, 0.1) is 5.41 Å². The smallest absolute Gasteiger partial charge is 0.386 e. The van der Waals surface area contributed by atoms with Gasteiger partial charge < -0.3 is 18.9 Å². The van der Waals surface area contributed by atoms with Gasteiger partial charge in [-0.2, -0.15) is 26.3 Å². The number of rotatable bonds is 0. The molecule has 0 unspecified atom stereocenters. The van der Waals surface area contributed by atoms with E-state index in [4.69, 9.17) is 0 Å². The second-order valence-corrected chi connectivity index (χ2v) is 11.5. The van der Waals surface area contributed by atoms with E-state index in [0.29, 0.717) is 44.5 Å². The minimum atomic E-state index is -5.24. The van der Waals surface area contributed by atoms with Gasteiger partial charge in [0.15, 0.2) is 5.41 Å². The Kier molecular flexibility index (Phi) is 14.1. The summed E-state index contributed by atoms with van der Waals surface area (Å²) in [7, 11) is 0. The van der Waals surface area contributed by atoms with Crippen molar-refractivity contribution in [3.05, 3.63) is 142 Å². The van der Waals surface area contributed by atoms with Crippen molar-refractivity contribution in [2.45, 2.75) is 40.0 Å². The van der Waals surface area contributed by atoms with Crippen LogP contribution < -0.4 is 0 Å². The Morgan fingerprint density at radius 3 is 0.526 bits per heavy atom. The van der Waals surface area contributed by atoms with Crippen LogP contribution in [0.3, 0.4) is 0 Å². The third-order valence-corrected chi connectivity index (χ3v) is 7.63. The monoisotopic (exact) mass is 802 g/mol. The molecule has 4 heterocycles. The first-order valence-corrected chi connectivity index (χ1v) is 16.2. The summed E-state index contributed by atoms with van der Waals surface area (Å²) in [5.74, 6) is -4.40. The highest BCUT2D eigenvalue weighted by atomic mass is 19.4. The highest BCUT2D eigenvalue weighted by Crippen LogP contribution is 2.49. The summed E-state index contributed by atoms with van der Waals surface area (Å²) in [5.41, 5.74) is -0.755. The molecule has 0 saturated heterocycles. The summed E-state index contributed by atoms with van der Waals surface area (Å²) >= 11 is 0. The number of esters is 8. The van der Waals surface area contributed by atoms with E-state index >= 15 is 0 Å². The van der Waals surface area contributed by atoms with Crippen molar-refractivity contribution in [3.63, 3.8) is 0 Å². The van der Waals surface area contributed by atoms with Crippen molar-refractivity contribution >= 4 is 47.8 Å². The van der Waals surface area contributed by atoms with Crippen molar-refractivity contribution in [3.8, 4) is 0 Å². The molecule has 4 aromatic carbocycles. The molecule has 4 aromatic rings. The molecule has 298 valence electrons. The molecule has 0 spiro atoms. The highest BCUT2D eigenvalue weighted by Gasteiger charge is 2.64. The lowest BCUT2D eigenvalue weighted by atomic mass is 9.92. The Morgan fingerprint density at radius 1 is 0.316 bits per heavy atom. The zero-order chi connectivity index (χ0) is 42.9. The molecule has 0 aromatic heterocycles. The number of halogens is 6. The van der Waals surface area contributed by atoms with Crippen molar-refractivity contribution in [2.75, 3.05) is 0 Å². The van der Waals surface area contributed by atoms with Gasteiger partial charge in [0.25, 0.3) is 0 Å². The number of hydrogen-bond donors (Lipinski definition) is 0. The Bertz CT molecular complexity index is 1810. The van der Waals surface area contributed by atoms with Gasteiger partial charge in [-0.1, -0.05) is 62.4 Å². The van der Waals surface area contributed by atoms with Crippen molar-refractivity contribution < 1.29 is 83.6 Å². The molecule has 0 atom stereocenters. The predicted octanol–water partition coefficient (Wildman–Crippen LogP) is 8.15. The fourth-order valence-electron chi connectivity index (χ4n) is 4.29. The molecular formula is C39H28F6O12. The third-order valence-electron chi connectivity index (χ3n) is 7.63. The van der Waals surface area contributed by atoms with E-state index in [9.17, 15) is 64.7 Å². The van der Waals surface area contributed by atoms with Gasteiger partial charge in [-0.15, -0.1) is 0 Å². The van der Waals surface area contributed by atoms with E-state index in [1.807, 2.05) is 13.8 Å². The lowest BCUT2D eigenvalue weighted by Gasteiger charge is -2.29. The maximum absolute atomic E-state index is 11.6. The summed E-state index contributed by atoms with van der Waals surface area (Å²) in [6, 6.07) is 26.1. The van der Waals surface area contributed by atoms with Crippen molar-refractivity contribution in [2.24, 2.45) is 5.41 Å². The van der Waals surface area contributed by atoms with Crippen LogP contribution in [0.4, 0.5) is 26.3 Å². The molecule has 4 aliphatic rings. The van der Waals surface area contributed by atoms with Gasteiger partial charge in [-0.25, -0.2) is 38.4 Å². The summed E-state index contributed by atoms with van der Waals surface area (Å²) in [5, 5.41) is 0. The van der Waals surface area contributed by atoms with Gasteiger partial charge in [0.05, 0.1) is 44.5 Å². The number of fused-ring (bicyclic) bond motifs is 4. The van der Waals surface area contributed by atoms with Crippen LogP contribution in [-0.2, 0) is 18.9 Å². The van der Waals surface area contributed by atoms with Gasteiger partial charge >= 0.3 is 60.1 Å². The lowest BCUT2D eigenvalue weighted by Crippen LogP contribution is -2.44. The molecule has 12 nitrogen and oxygen atoms in total. The first-order valence-electron chi connectivity index (χ1n) is 16.2. The number of alkyl halides is 6. The Labute approximate surface area is 318 Å². The number of carbonyl (C=O) groups excluding carboxylic acids is 8. The fraction of sp³-hybridized carbons (Fsp3) is 0.179. The normalized spacial score (nSPS) is 14.3. The summed E-state index contributed by atoms with van der Waals surface area (Å²) < 4.78 is 87.1. The van der Waals surface area contributed by atoms with Gasteiger partial charge in [0.1, 0.15) is 0 Å². The largest absolute Gasteiger partial charge is 0.402 e. The first kappa shape index (κ1) is 44.4. The van der Waals surface area contributed by atoms with E-state index in [0.717, 1.165) is 0 Å². The van der Waals surface area contributed by atoms with Gasteiger partial charge in [-0.05, 0) is 62.4 Å². The zero-order valence-electron chi connectivity index (χ0n) is 29.9. The first-order chi connectivity index (χ1) is 26.7. The van der Waals surface area contributed by atoms with Crippen LogP contribution in [0.15, 0.2) is 97.1 Å². The molecule has 18 heteroatoms.